The number of aromatic nitrogens is 2. The third-order valence-electron chi connectivity index (χ3n) is 4.46. The van der Waals surface area contributed by atoms with E-state index in [4.69, 9.17) is 10.2 Å². The molecule has 1 aromatic carbocycles. The summed E-state index contributed by atoms with van der Waals surface area (Å²) in [6, 6.07) is 7.40. The standard InChI is InChI=1S/C10H14O.C7H12N2.C6H14.C4H10O/c1-8(2)7-9-3-5-10(11)6-4-9;1-6(2)3-7-4-8-5-9-7;1-5(2)6(3)4;1-4(2)3-5/h3-6,8,11H,7H2,1-2H3;4-6H,3H2,1-2H3,(H,8,9);5-6H,1-4H3;4-5H,3H2,1-2H3. The number of hydrogen-bond acceptors (Lipinski definition) is 3. The molecule has 0 radical (unpaired) electrons. The zero-order valence-corrected chi connectivity index (χ0v) is 21.8. The summed E-state index contributed by atoms with van der Waals surface area (Å²) in [7, 11) is 0. The van der Waals surface area contributed by atoms with Gasteiger partial charge in [0.05, 0.1) is 6.33 Å². The number of aromatic amines is 1. The van der Waals surface area contributed by atoms with Crippen LogP contribution in [0.3, 0.4) is 0 Å². The van der Waals surface area contributed by atoms with Crippen LogP contribution in [0.25, 0.3) is 0 Å². The molecule has 0 amide bonds. The average Bonchev–Trinajstić information content (AvgIpc) is 3.17. The predicted molar refractivity (Wildman–Crippen MR) is 135 cm³/mol. The number of nitrogens with one attached hydrogen (secondary N) is 1. The van der Waals surface area contributed by atoms with Crippen LogP contribution >= 0.6 is 0 Å². The largest absolute Gasteiger partial charge is 0.508 e. The molecule has 0 fully saturated rings. The molecule has 0 bridgehead atoms. The number of aromatic hydroxyl groups is 1. The van der Waals surface area contributed by atoms with Crippen molar-refractivity contribution in [1.82, 2.24) is 9.97 Å². The number of rotatable bonds is 6. The highest BCUT2D eigenvalue weighted by atomic mass is 16.3. The normalized spacial score (nSPS) is 10.5. The summed E-state index contributed by atoms with van der Waals surface area (Å²) in [5.41, 5.74) is 2.52. The van der Waals surface area contributed by atoms with Crippen LogP contribution in [-0.2, 0) is 12.8 Å². The molecule has 2 rings (SSSR count). The van der Waals surface area contributed by atoms with Crippen LogP contribution in [0.15, 0.2) is 36.8 Å². The molecule has 0 unspecified atom stereocenters. The van der Waals surface area contributed by atoms with E-state index in [0.717, 1.165) is 24.7 Å². The lowest BCUT2D eigenvalue weighted by molar-refractivity contribution is 0.248. The van der Waals surface area contributed by atoms with Crippen molar-refractivity contribution >= 4 is 0 Å². The van der Waals surface area contributed by atoms with Gasteiger partial charge in [0, 0.05) is 18.5 Å². The zero-order valence-electron chi connectivity index (χ0n) is 21.8. The summed E-state index contributed by atoms with van der Waals surface area (Å²) >= 11 is 0. The Labute approximate surface area is 192 Å². The molecule has 4 heteroatoms. The molecule has 180 valence electrons. The lowest BCUT2D eigenvalue weighted by Gasteiger charge is -2.05. The summed E-state index contributed by atoms with van der Waals surface area (Å²) < 4.78 is 0. The molecular formula is C27H50N2O2. The summed E-state index contributed by atoms with van der Waals surface area (Å²) in [5, 5.41) is 17.1. The molecular weight excluding hydrogens is 384 g/mol. The van der Waals surface area contributed by atoms with Gasteiger partial charge in [-0.05, 0) is 60.1 Å². The van der Waals surface area contributed by atoms with E-state index in [1.54, 1.807) is 18.5 Å². The molecule has 2 aromatic rings. The van der Waals surface area contributed by atoms with E-state index in [-0.39, 0.29) is 0 Å². The summed E-state index contributed by atoms with van der Waals surface area (Å²) in [6.45, 7) is 22.0. The molecule has 0 spiro atoms. The van der Waals surface area contributed by atoms with Crippen LogP contribution in [0.5, 0.6) is 5.75 Å². The second-order valence-corrected chi connectivity index (χ2v) is 10.0. The molecule has 31 heavy (non-hydrogen) atoms. The van der Waals surface area contributed by atoms with Gasteiger partial charge in [-0.1, -0.05) is 81.4 Å². The van der Waals surface area contributed by atoms with Crippen LogP contribution in [0.1, 0.15) is 80.5 Å². The molecule has 0 atom stereocenters. The van der Waals surface area contributed by atoms with Crippen molar-refractivity contribution in [3.63, 3.8) is 0 Å². The second-order valence-electron chi connectivity index (χ2n) is 10.0. The molecule has 0 aliphatic heterocycles. The van der Waals surface area contributed by atoms with Crippen LogP contribution in [0.2, 0.25) is 0 Å². The average molecular weight is 435 g/mol. The van der Waals surface area contributed by atoms with Crippen molar-refractivity contribution < 1.29 is 10.2 Å². The lowest BCUT2D eigenvalue weighted by Crippen LogP contribution is -1.95. The van der Waals surface area contributed by atoms with Crippen molar-refractivity contribution in [3.05, 3.63) is 48.0 Å². The third kappa shape index (κ3) is 22.7. The van der Waals surface area contributed by atoms with Gasteiger partial charge in [0.2, 0.25) is 0 Å². The first kappa shape index (κ1) is 31.4. The van der Waals surface area contributed by atoms with Crippen molar-refractivity contribution in [1.29, 1.82) is 0 Å². The number of phenols is 1. The van der Waals surface area contributed by atoms with Gasteiger partial charge in [0.25, 0.3) is 0 Å². The highest BCUT2D eigenvalue weighted by Gasteiger charge is 1.97. The smallest absolute Gasteiger partial charge is 0.115 e. The van der Waals surface area contributed by atoms with Gasteiger partial charge in [-0.25, -0.2) is 4.98 Å². The number of nitrogens with zero attached hydrogens (tertiary/aromatic N) is 1. The van der Waals surface area contributed by atoms with Crippen molar-refractivity contribution in [2.45, 2.75) is 82.1 Å². The van der Waals surface area contributed by atoms with Crippen molar-refractivity contribution in [2.75, 3.05) is 6.61 Å². The first-order valence-corrected chi connectivity index (χ1v) is 11.7. The molecule has 1 heterocycles. The summed E-state index contributed by atoms with van der Waals surface area (Å²) in [4.78, 5) is 6.98. The molecule has 0 saturated carbocycles. The zero-order chi connectivity index (χ0) is 24.4. The van der Waals surface area contributed by atoms with Gasteiger partial charge in [-0.2, -0.15) is 0 Å². The van der Waals surface area contributed by atoms with Gasteiger partial charge < -0.3 is 15.2 Å². The van der Waals surface area contributed by atoms with Crippen molar-refractivity contribution in [3.8, 4) is 5.75 Å². The van der Waals surface area contributed by atoms with E-state index in [1.165, 1.54) is 11.3 Å². The van der Waals surface area contributed by atoms with E-state index in [2.05, 4.69) is 65.4 Å². The van der Waals surface area contributed by atoms with E-state index in [0.29, 0.717) is 30.1 Å². The first-order chi connectivity index (χ1) is 14.4. The predicted octanol–water partition coefficient (Wildman–Crippen LogP) is 7.13. The van der Waals surface area contributed by atoms with E-state index in [1.807, 2.05) is 32.2 Å². The Hall–Kier alpha value is -1.81. The quantitative estimate of drug-likeness (QED) is 0.453. The molecule has 1 aromatic heterocycles. The number of phenolic OH excluding ortho intramolecular Hbond substituents is 1. The van der Waals surface area contributed by atoms with E-state index in [9.17, 15) is 0 Å². The van der Waals surface area contributed by atoms with Crippen LogP contribution in [0.4, 0.5) is 0 Å². The maximum Gasteiger partial charge on any atom is 0.115 e. The second kappa shape index (κ2) is 18.9. The monoisotopic (exact) mass is 434 g/mol. The third-order valence-corrected chi connectivity index (χ3v) is 4.46. The molecule has 3 N–H and O–H groups in total. The van der Waals surface area contributed by atoms with Crippen LogP contribution < -0.4 is 0 Å². The number of benzene rings is 1. The van der Waals surface area contributed by atoms with Crippen LogP contribution in [-0.4, -0.2) is 26.8 Å². The highest BCUT2D eigenvalue weighted by Crippen LogP contribution is 2.12. The number of aliphatic hydroxyl groups is 1. The Kier molecular flexibility index (Phi) is 19.1. The van der Waals surface area contributed by atoms with Crippen LogP contribution in [0, 0.1) is 29.6 Å². The maximum atomic E-state index is 8.99. The summed E-state index contributed by atoms with van der Waals surface area (Å²) in [5.74, 6) is 3.88. The fraction of sp³-hybridized carbons (Fsp3) is 0.667. The first-order valence-electron chi connectivity index (χ1n) is 11.7. The Morgan fingerprint density at radius 1 is 0.742 bits per heavy atom. The lowest BCUT2D eigenvalue weighted by atomic mass is 10.0. The van der Waals surface area contributed by atoms with E-state index >= 15 is 0 Å². The minimum absolute atomic E-state index is 0.306. The Morgan fingerprint density at radius 3 is 1.48 bits per heavy atom. The number of imidazole rings is 1. The van der Waals surface area contributed by atoms with Gasteiger partial charge in [0.1, 0.15) is 5.75 Å². The fourth-order valence-electron chi connectivity index (χ4n) is 1.94. The molecule has 4 nitrogen and oxygen atoms in total. The fourth-order valence-corrected chi connectivity index (χ4v) is 1.94. The van der Waals surface area contributed by atoms with Gasteiger partial charge in [-0.15, -0.1) is 0 Å². The number of H-pyrrole nitrogens is 1. The minimum Gasteiger partial charge on any atom is -0.508 e. The topological polar surface area (TPSA) is 69.1 Å². The Morgan fingerprint density at radius 2 is 1.19 bits per heavy atom. The maximum absolute atomic E-state index is 8.99. The van der Waals surface area contributed by atoms with E-state index < -0.39 is 0 Å². The Bertz CT molecular complexity index is 595. The van der Waals surface area contributed by atoms with Gasteiger partial charge in [-0.3, -0.25) is 0 Å². The SMILES string of the molecule is CC(C)C(C)C.CC(C)CO.CC(C)Cc1ccc(O)cc1.CC(C)Cc1cnc[nH]1. The summed E-state index contributed by atoms with van der Waals surface area (Å²) in [6.07, 6.45) is 5.78. The molecule has 0 saturated heterocycles. The van der Waals surface area contributed by atoms with Gasteiger partial charge >= 0.3 is 0 Å². The number of hydrogen-bond donors (Lipinski definition) is 3. The minimum atomic E-state index is 0.306. The Balaban J connectivity index is 0. The molecule has 0 aliphatic carbocycles. The van der Waals surface area contributed by atoms with Crippen molar-refractivity contribution in [2.24, 2.45) is 29.6 Å². The highest BCUT2D eigenvalue weighted by molar-refractivity contribution is 5.25. The van der Waals surface area contributed by atoms with Gasteiger partial charge in [0.15, 0.2) is 0 Å². The number of aliphatic hydroxyl groups excluding tert-OH is 1. The molecule has 0 aliphatic rings.